The number of carboxylic acids is 1. The molecular weight excluding hydrogens is 301 g/mol. The van der Waals surface area contributed by atoms with E-state index in [0.29, 0.717) is 10.0 Å². The average Bonchev–Trinajstić information content (AvgIpc) is 2.15. The molecule has 0 aliphatic heterocycles. The van der Waals surface area contributed by atoms with Gasteiger partial charge in [0.05, 0.1) is 11.5 Å². The van der Waals surface area contributed by atoms with Crippen molar-refractivity contribution >= 4 is 21.9 Å². The van der Waals surface area contributed by atoms with Crippen molar-refractivity contribution in [3.63, 3.8) is 0 Å². The molecule has 2 nitrogen and oxygen atoms in total. The smallest absolute Gasteiger partial charge is 0.416 e. The van der Waals surface area contributed by atoms with E-state index in [2.05, 4.69) is 15.9 Å². The van der Waals surface area contributed by atoms with E-state index in [1.165, 1.54) is 13.0 Å². The van der Waals surface area contributed by atoms with Gasteiger partial charge in [0, 0.05) is 4.47 Å². The van der Waals surface area contributed by atoms with Crippen LogP contribution in [-0.2, 0) is 17.4 Å². The van der Waals surface area contributed by atoms with Gasteiger partial charge in [-0.05, 0) is 30.2 Å². The molecule has 94 valence electrons. The minimum atomic E-state index is -4.43. The molecule has 17 heavy (non-hydrogen) atoms. The quantitative estimate of drug-likeness (QED) is 0.923. The fourth-order valence-electron chi connectivity index (χ4n) is 1.37. The molecule has 0 amide bonds. The Morgan fingerprint density at radius 2 is 2.00 bits per heavy atom. The Kier molecular flexibility index (Phi) is 4.19. The zero-order valence-electron chi connectivity index (χ0n) is 8.88. The van der Waals surface area contributed by atoms with E-state index in [4.69, 9.17) is 5.11 Å². The van der Waals surface area contributed by atoms with E-state index in [1.807, 2.05) is 0 Å². The lowest BCUT2D eigenvalue weighted by molar-refractivity contribution is -0.141. The van der Waals surface area contributed by atoms with Gasteiger partial charge in [0.1, 0.15) is 0 Å². The van der Waals surface area contributed by atoms with E-state index in [-0.39, 0.29) is 6.42 Å². The van der Waals surface area contributed by atoms with Crippen LogP contribution in [0.1, 0.15) is 18.1 Å². The number of hydrogen-bond donors (Lipinski definition) is 1. The summed E-state index contributed by atoms with van der Waals surface area (Å²) in [7, 11) is 0. The summed E-state index contributed by atoms with van der Waals surface area (Å²) in [6.07, 6.45) is -4.36. The van der Waals surface area contributed by atoms with Gasteiger partial charge in [-0.1, -0.05) is 22.9 Å². The molecule has 0 spiro atoms. The molecule has 1 rings (SSSR count). The molecule has 0 radical (unpaired) electrons. The third kappa shape index (κ3) is 4.03. The van der Waals surface area contributed by atoms with E-state index in [1.54, 1.807) is 0 Å². The van der Waals surface area contributed by atoms with Crippen molar-refractivity contribution in [3.05, 3.63) is 33.8 Å². The number of benzene rings is 1. The Labute approximate surface area is 105 Å². The number of halogens is 4. The molecule has 1 unspecified atom stereocenters. The zero-order chi connectivity index (χ0) is 13.2. The van der Waals surface area contributed by atoms with Crippen LogP contribution in [0.2, 0.25) is 0 Å². The first-order chi connectivity index (χ1) is 7.70. The third-order valence-corrected chi connectivity index (χ3v) is 2.71. The first-order valence-electron chi connectivity index (χ1n) is 4.79. The van der Waals surface area contributed by atoms with Crippen molar-refractivity contribution in [1.82, 2.24) is 0 Å². The van der Waals surface area contributed by atoms with Gasteiger partial charge in [0.15, 0.2) is 0 Å². The van der Waals surface area contributed by atoms with Crippen molar-refractivity contribution in [2.24, 2.45) is 5.92 Å². The lowest BCUT2D eigenvalue weighted by Crippen LogP contribution is -2.13. The minimum Gasteiger partial charge on any atom is -0.481 e. The molecule has 1 aromatic carbocycles. The molecule has 0 saturated carbocycles. The molecule has 0 aliphatic carbocycles. The van der Waals surface area contributed by atoms with Crippen LogP contribution in [0.4, 0.5) is 13.2 Å². The third-order valence-electron chi connectivity index (χ3n) is 2.25. The Morgan fingerprint density at radius 3 is 2.47 bits per heavy atom. The predicted octanol–water partition coefficient (Wildman–Crippen LogP) is 3.73. The second-order valence-electron chi connectivity index (χ2n) is 3.79. The highest BCUT2D eigenvalue weighted by atomic mass is 79.9. The first kappa shape index (κ1) is 14.0. The average molecular weight is 311 g/mol. The molecule has 1 atom stereocenters. The van der Waals surface area contributed by atoms with Crippen LogP contribution in [0, 0.1) is 5.92 Å². The van der Waals surface area contributed by atoms with Gasteiger partial charge in [-0.2, -0.15) is 13.2 Å². The van der Waals surface area contributed by atoms with Crippen LogP contribution in [0.5, 0.6) is 0 Å². The Morgan fingerprint density at radius 1 is 1.41 bits per heavy atom. The predicted molar refractivity (Wildman–Crippen MR) is 59.6 cm³/mol. The fourth-order valence-corrected chi connectivity index (χ4v) is 1.91. The second kappa shape index (κ2) is 5.08. The van der Waals surface area contributed by atoms with Gasteiger partial charge in [-0.3, -0.25) is 4.79 Å². The summed E-state index contributed by atoms with van der Waals surface area (Å²) in [5.41, 5.74) is -0.430. The van der Waals surface area contributed by atoms with E-state index >= 15 is 0 Å². The van der Waals surface area contributed by atoms with Crippen LogP contribution in [-0.4, -0.2) is 11.1 Å². The molecule has 0 heterocycles. The molecule has 1 N–H and O–H groups in total. The van der Waals surface area contributed by atoms with Crippen molar-refractivity contribution in [1.29, 1.82) is 0 Å². The topological polar surface area (TPSA) is 37.3 Å². The van der Waals surface area contributed by atoms with Gasteiger partial charge < -0.3 is 5.11 Å². The number of carbonyl (C=O) groups is 1. The highest BCUT2D eigenvalue weighted by Crippen LogP contribution is 2.32. The Balaban J connectivity index is 3.02. The maximum atomic E-state index is 12.5. The van der Waals surface area contributed by atoms with Crippen molar-refractivity contribution in [2.45, 2.75) is 19.5 Å². The Hall–Kier alpha value is -1.04. The number of carboxylic acid groups (broad SMARTS) is 1. The van der Waals surface area contributed by atoms with Crippen molar-refractivity contribution in [3.8, 4) is 0 Å². The van der Waals surface area contributed by atoms with Gasteiger partial charge in [-0.25, -0.2) is 0 Å². The number of aliphatic carboxylic acids is 1. The SMILES string of the molecule is CC(Cc1cc(Br)cc(C(F)(F)F)c1)C(=O)O. The highest BCUT2D eigenvalue weighted by molar-refractivity contribution is 9.10. The summed E-state index contributed by atoms with van der Waals surface area (Å²) in [4.78, 5) is 10.6. The van der Waals surface area contributed by atoms with Gasteiger partial charge in [-0.15, -0.1) is 0 Å². The summed E-state index contributed by atoms with van der Waals surface area (Å²) in [6, 6.07) is 3.44. The largest absolute Gasteiger partial charge is 0.481 e. The lowest BCUT2D eigenvalue weighted by atomic mass is 9.99. The molecule has 0 fully saturated rings. The first-order valence-corrected chi connectivity index (χ1v) is 5.59. The molecule has 0 aliphatic rings. The molecule has 0 bridgehead atoms. The van der Waals surface area contributed by atoms with Crippen LogP contribution in [0.15, 0.2) is 22.7 Å². The van der Waals surface area contributed by atoms with Gasteiger partial charge >= 0.3 is 12.1 Å². The standard InChI is InChI=1S/C11H10BrF3O2/c1-6(10(16)17)2-7-3-8(11(13,14)15)5-9(12)4-7/h3-6H,2H2,1H3,(H,16,17). The molecule has 0 saturated heterocycles. The van der Waals surface area contributed by atoms with E-state index in [9.17, 15) is 18.0 Å². The zero-order valence-corrected chi connectivity index (χ0v) is 10.5. The summed E-state index contributed by atoms with van der Waals surface area (Å²) in [5, 5.41) is 8.71. The summed E-state index contributed by atoms with van der Waals surface area (Å²) in [5.74, 6) is -1.75. The van der Waals surface area contributed by atoms with E-state index < -0.39 is 23.6 Å². The summed E-state index contributed by atoms with van der Waals surface area (Å²) in [6.45, 7) is 1.45. The van der Waals surface area contributed by atoms with Crippen molar-refractivity contribution in [2.75, 3.05) is 0 Å². The van der Waals surface area contributed by atoms with Crippen LogP contribution < -0.4 is 0 Å². The van der Waals surface area contributed by atoms with E-state index in [0.717, 1.165) is 12.1 Å². The van der Waals surface area contributed by atoms with Crippen molar-refractivity contribution < 1.29 is 23.1 Å². The number of rotatable bonds is 3. The molecule has 1 aromatic rings. The minimum absolute atomic E-state index is 0.0673. The lowest BCUT2D eigenvalue weighted by Gasteiger charge is -2.11. The maximum Gasteiger partial charge on any atom is 0.416 e. The Bertz CT molecular complexity index is 429. The monoisotopic (exact) mass is 310 g/mol. The maximum absolute atomic E-state index is 12.5. The second-order valence-corrected chi connectivity index (χ2v) is 4.70. The summed E-state index contributed by atoms with van der Waals surface area (Å²) < 4.78 is 37.8. The van der Waals surface area contributed by atoms with Gasteiger partial charge in [0.25, 0.3) is 0 Å². The van der Waals surface area contributed by atoms with Gasteiger partial charge in [0.2, 0.25) is 0 Å². The normalized spacial score (nSPS) is 13.5. The van der Waals surface area contributed by atoms with Crippen LogP contribution in [0.25, 0.3) is 0 Å². The molecule has 6 heteroatoms. The molecular formula is C11H10BrF3O2. The summed E-state index contributed by atoms with van der Waals surface area (Å²) >= 11 is 2.98. The number of alkyl halides is 3. The highest BCUT2D eigenvalue weighted by Gasteiger charge is 2.31. The van der Waals surface area contributed by atoms with Crippen LogP contribution in [0.3, 0.4) is 0 Å². The number of hydrogen-bond acceptors (Lipinski definition) is 1. The molecule has 0 aromatic heterocycles. The van der Waals surface area contributed by atoms with Crippen LogP contribution >= 0.6 is 15.9 Å². The fraction of sp³-hybridized carbons (Fsp3) is 0.364.